The van der Waals surface area contributed by atoms with Crippen molar-refractivity contribution < 1.29 is 24.1 Å². The van der Waals surface area contributed by atoms with Gasteiger partial charge in [-0.05, 0) is 50.5 Å². The van der Waals surface area contributed by atoms with Gasteiger partial charge in [-0.15, -0.1) is 0 Å². The predicted octanol–water partition coefficient (Wildman–Crippen LogP) is 3.99. The molecule has 174 valence electrons. The van der Waals surface area contributed by atoms with Crippen LogP contribution in [0.3, 0.4) is 0 Å². The summed E-state index contributed by atoms with van der Waals surface area (Å²) >= 11 is 0. The fraction of sp³-hybridized carbons (Fsp3) is 0.261. The molecule has 0 aliphatic heterocycles. The Hall–Kier alpha value is -4.05. The lowest BCUT2D eigenvalue weighted by molar-refractivity contribution is 0.204. The fourth-order valence-electron chi connectivity index (χ4n) is 2.94. The summed E-state index contributed by atoms with van der Waals surface area (Å²) in [5.74, 6) is 2.02. The molecule has 1 heterocycles. The molecule has 1 amide bonds. The summed E-state index contributed by atoms with van der Waals surface area (Å²) in [6.07, 6.45) is 0.261. The molecule has 33 heavy (non-hydrogen) atoms. The van der Waals surface area contributed by atoms with Crippen LogP contribution < -0.4 is 24.4 Å². The van der Waals surface area contributed by atoms with Crippen LogP contribution >= 0.6 is 0 Å². The lowest BCUT2D eigenvalue weighted by atomic mass is 10.2. The highest BCUT2D eigenvalue weighted by atomic mass is 16.5. The van der Waals surface area contributed by atoms with E-state index in [-0.39, 0.29) is 11.8 Å². The molecule has 1 aromatic heterocycles. The summed E-state index contributed by atoms with van der Waals surface area (Å²) < 4.78 is 16.2. The number of benzene rings is 2. The standard InChI is InChI=1S/C23H27N5O5/c1-27(2)13-14-33-17-7-5-16(6-8-17)25-22-24-12-11-21(26-22)28(23(29)30)19-10-9-18(31-3)15-20(19)32-4/h5-12,15H,13-14H2,1-4H3,(H,29,30)(H,24,25,26). The van der Waals surface area contributed by atoms with Crippen LogP contribution in [0.15, 0.2) is 54.7 Å². The molecule has 0 spiro atoms. The van der Waals surface area contributed by atoms with Gasteiger partial charge in [0.1, 0.15) is 29.7 Å². The largest absolute Gasteiger partial charge is 0.497 e. The SMILES string of the molecule is COc1ccc(N(C(=O)O)c2ccnc(Nc3ccc(OCCN(C)C)cc3)n2)c(OC)c1. The Kier molecular flexibility index (Phi) is 7.87. The Morgan fingerprint density at radius 3 is 2.39 bits per heavy atom. The summed E-state index contributed by atoms with van der Waals surface area (Å²) in [6, 6.07) is 13.7. The van der Waals surface area contributed by atoms with Crippen LogP contribution in [0, 0.1) is 0 Å². The molecule has 0 aliphatic carbocycles. The Morgan fingerprint density at radius 2 is 1.76 bits per heavy atom. The van der Waals surface area contributed by atoms with Gasteiger partial charge in [-0.1, -0.05) is 0 Å². The third kappa shape index (κ3) is 6.23. The van der Waals surface area contributed by atoms with Crippen LogP contribution in [-0.4, -0.2) is 67.5 Å². The van der Waals surface area contributed by atoms with Crippen molar-refractivity contribution in [2.24, 2.45) is 0 Å². The zero-order valence-electron chi connectivity index (χ0n) is 19.0. The van der Waals surface area contributed by atoms with Crippen molar-refractivity contribution in [3.63, 3.8) is 0 Å². The van der Waals surface area contributed by atoms with Crippen LogP contribution in [0.1, 0.15) is 0 Å². The minimum Gasteiger partial charge on any atom is -0.497 e. The average molecular weight is 453 g/mol. The molecule has 10 nitrogen and oxygen atoms in total. The first-order chi connectivity index (χ1) is 15.9. The van der Waals surface area contributed by atoms with E-state index >= 15 is 0 Å². The van der Waals surface area contributed by atoms with E-state index in [0.717, 1.165) is 22.9 Å². The number of nitrogens with zero attached hydrogens (tertiary/aromatic N) is 4. The van der Waals surface area contributed by atoms with Gasteiger partial charge in [-0.2, -0.15) is 4.98 Å². The highest BCUT2D eigenvalue weighted by Gasteiger charge is 2.23. The molecule has 0 fully saturated rings. The van der Waals surface area contributed by atoms with Gasteiger partial charge < -0.3 is 29.5 Å². The summed E-state index contributed by atoms with van der Waals surface area (Å²) in [7, 11) is 6.95. The van der Waals surface area contributed by atoms with Gasteiger partial charge >= 0.3 is 6.09 Å². The Balaban J connectivity index is 1.80. The molecule has 3 aromatic rings. The lowest BCUT2D eigenvalue weighted by Crippen LogP contribution is -2.25. The molecular formula is C23H27N5O5. The molecule has 2 N–H and O–H groups in total. The number of methoxy groups -OCH3 is 2. The molecule has 2 aromatic carbocycles. The minimum atomic E-state index is -1.22. The average Bonchev–Trinajstić information content (AvgIpc) is 2.80. The quantitative estimate of drug-likeness (QED) is 0.471. The van der Waals surface area contributed by atoms with Gasteiger partial charge in [0.25, 0.3) is 0 Å². The Morgan fingerprint density at radius 1 is 1.03 bits per heavy atom. The number of anilines is 4. The summed E-state index contributed by atoms with van der Waals surface area (Å²) in [4.78, 5) is 23.7. The van der Waals surface area contributed by atoms with Crippen molar-refractivity contribution in [2.75, 3.05) is 51.7 Å². The molecule has 0 bridgehead atoms. The van der Waals surface area contributed by atoms with Crippen molar-refractivity contribution in [1.29, 1.82) is 0 Å². The van der Waals surface area contributed by atoms with Gasteiger partial charge in [-0.25, -0.2) is 14.7 Å². The fourth-order valence-corrected chi connectivity index (χ4v) is 2.94. The number of hydrogen-bond donors (Lipinski definition) is 2. The zero-order valence-corrected chi connectivity index (χ0v) is 19.0. The minimum absolute atomic E-state index is 0.159. The van der Waals surface area contributed by atoms with E-state index in [4.69, 9.17) is 14.2 Å². The molecule has 10 heteroatoms. The maximum absolute atomic E-state index is 12.1. The Bertz CT molecular complexity index is 1080. The second kappa shape index (κ2) is 11.0. The van der Waals surface area contributed by atoms with E-state index in [1.165, 1.54) is 26.5 Å². The lowest BCUT2D eigenvalue weighted by Gasteiger charge is -2.21. The van der Waals surface area contributed by atoms with E-state index in [2.05, 4.69) is 15.3 Å². The first kappa shape index (κ1) is 23.6. The van der Waals surface area contributed by atoms with E-state index in [1.807, 2.05) is 43.3 Å². The molecule has 0 unspecified atom stereocenters. The number of carbonyl (C=O) groups is 1. The third-order valence-corrected chi connectivity index (χ3v) is 4.61. The number of carboxylic acid groups (broad SMARTS) is 1. The van der Waals surface area contributed by atoms with Gasteiger partial charge in [0.15, 0.2) is 0 Å². The number of hydrogen-bond acceptors (Lipinski definition) is 8. The number of rotatable bonds is 10. The van der Waals surface area contributed by atoms with Crippen LogP contribution in [0.5, 0.6) is 17.2 Å². The first-order valence-corrected chi connectivity index (χ1v) is 10.1. The first-order valence-electron chi connectivity index (χ1n) is 10.1. The van der Waals surface area contributed by atoms with Gasteiger partial charge in [0.2, 0.25) is 5.95 Å². The van der Waals surface area contributed by atoms with Crippen molar-refractivity contribution in [1.82, 2.24) is 14.9 Å². The van der Waals surface area contributed by atoms with Gasteiger partial charge in [0.05, 0.1) is 19.9 Å². The summed E-state index contributed by atoms with van der Waals surface area (Å²) in [5.41, 5.74) is 1.03. The summed E-state index contributed by atoms with van der Waals surface area (Å²) in [6.45, 7) is 1.41. The van der Waals surface area contributed by atoms with Crippen LogP contribution in [0.2, 0.25) is 0 Å². The van der Waals surface area contributed by atoms with E-state index in [9.17, 15) is 9.90 Å². The molecule has 0 atom stereocenters. The Labute approximate surface area is 192 Å². The highest BCUT2D eigenvalue weighted by molar-refractivity contribution is 5.95. The number of ether oxygens (including phenoxy) is 3. The van der Waals surface area contributed by atoms with Crippen molar-refractivity contribution in [3.8, 4) is 17.2 Å². The molecule has 0 saturated carbocycles. The van der Waals surface area contributed by atoms with Crippen molar-refractivity contribution >= 4 is 29.2 Å². The second-order valence-corrected chi connectivity index (χ2v) is 7.20. The van der Waals surface area contributed by atoms with Crippen molar-refractivity contribution in [3.05, 3.63) is 54.7 Å². The van der Waals surface area contributed by atoms with E-state index in [0.29, 0.717) is 23.8 Å². The normalized spacial score (nSPS) is 10.6. The third-order valence-electron chi connectivity index (χ3n) is 4.61. The smallest absolute Gasteiger partial charge is 0.417 e. The van der Waals surface area contributed by atoms with Crippen LogP contribution in [0.25, 0.3) is 0 Å². The highest BCUT2D eigenvalue weighted by Crippen LogP contribution is 2.36. The molecule has 3 rings (SSSR count). The monoisotopic (exact) mass is 453 g/mol. The van der Waals surface area contributed by atoms with E-state index < -0.39 is 6.09 Å². The maximum atomic E-state index is 12.1. The van der Waals surface area contributed by atoms with Crippen molar-refractivity contribution in [2.45, 2.75) is 0 Å². The molecule has 0 aliphatic rings. The topological polar surface area (TPSA) is 109 Å². The maximum Gasteiger partial charge on any atom is 0.417 e. The number of amides is 1. The molecular weight excluding hydrogens is 426 g/mol. The van der Waals surface area contributed by atoms with Gasteiger partial charge in [0, 0.05) is 30.6 Å². The number of aromatic nitrogens is 2. The predicted molar refractivity (Wildman–Crippen MR) is 126 cm³/mol. The second-order valence-electron chi connectivity index (χ2n) is 7.20. The molecule has 0 radical (unpaired) electrons. The number of likely N-dealkylation sites (N-methyl/N-ethyl adjacent to an activating group) is 1. The number of nitrogens with one attached hydrogen (secondary N) is 1. The summed E-state index contributed by atoms with van der Waals surface area (Å²) in [5, 5.41) is 13.0. The zero-order chi connectivity index (χ0) is 23.8. The van der Waals surface area contributed by atoms with Gasteiger partial charge in [-0.3, -0.25) is 0 Å². The van der Waals surface area contributed by atoms with Crippen LogP contribution in [0.4, 0.5) is 27.9 Å². The van der Waals surface area contributed by atoms with Crippen LogP contribution in [-0.2, 0) is 0 Å². The van der Waals surface area contributed by atoms with E-state index in [1.54, 1.807) is 18.2 Å². The molecule has 0 saturated heterocycles.